The van der Waals surface area contributed by atoms with Crippen LogP contribution in [0.1, 0.15) is 35.2 Å². The van der Waals surface area contributed by atoms with Crippen molar-refractivity contribution in [3.8, 4) is 6.07 Å². The van der Waals surface area contributed by atoms with Crippen molar-refractivity contribution < 1.29 is 22.3 Å². The Morgan fingerprint density at radius 1 is 1.30 bits per heavy atom. The van der Waals surface area contributed by atoms with E-state index >= 15 is 0 Å². The molecule has 0 radical (unpaired) electrons. The topological polar surface area (TPSA) is 84.3 Å². The second-order valence-corrected chi connectivity index (χ2v) is 7.19. The van der Waals surface area contributed by atoms with E-state index < -0.39 is 41.7 Å². The van der Waals surface area contributed by atoms with Crippen LogP contribution in [0.5, 0.6) is 0 Å². The molecule has 1 aromatic carbocycles. The number of nitrogens with zero attached hydrogens (tertiary/aromatic N) is 3. The van der Waals surface area contributed by atoms with Crippen molar-refractivity contribution in [2.45, 2.75) is 30.9 Å². The van der Waals surface area contributed by atoms with Gasteiger partial charge in [0.2, 0.25) is 0 Å². The fourth-order valence-electron chi connectivity index (χ4n) is 3.91. The molecule has 1 fully saturated rings. The minimum atomic E-state index is -3.04. The minimum Gasteiger partial charge on any atom is -0.462 e. The number of nitriles is 1. The van der Waals surface area contributed by atoms with Crippen molar-refractivity contribution in [3.05, 3.63) is 64.7 Å². The maximum absolute atomic E-state index is 14.7. The SMILES string of the molecule is N#Cc1ccc(/C(F)=C/c2ccc(F)c([C@@]3(C(F)F)N=C(N)O[C@@H]4CC[C@@H]43)c2)nc1. The van der Waals surface area contributed by atoms with Crippen LogP contribution in [0.25, 0.3) is 11.9 Å². The van der Waals surface area contributed by atoms with E-state index in [0.717, 1.165) is 18.2 Å². The highest BCUT2D eigenvalue weighted by molar-refractivity contribution is 5.76. The average Bonchev–Trinajstić information content (AvgIpc) is 2.71. The number of aromatic nitrogens is 1. The number of nitrogens with two attached hydrogens (primary N) is 1. The number of ether oxygens (including phenoxy) is 1. The first kappa shape index (κ1) is 19.9. The van der Waals surface area contributed by atoms with E-state index in [1.807, 2.05) is 6.07 Å². The van der Waals surface area contributed by atoms with Crippen LogP contribution in [0.4, 0.5) is 17.6 Å². The van der Waals surface area contributed by atoms with Crippen LogP contribution in [0.3, 0.4) is 0 Å². The molecule has 0 saturated heterocycles. The first-order chi connectivity index (χ1) is 14.3. The highest BCUT2D eigenvalue weighted by Gasteiger charge is 2.59. The van der Waals surface area contributed by atoms with E-state index in [1.54, 1.807) is 0 Å². The van der Waals surface area contributed by atoms with Gasteiger partial charge in [0, 0.05) is 17.7 Å². The zero-order chi connectivity index (χ0) is 21.5. The zero-order valence-corrected chi connectivity index (χ0v) is 15.5. The quantitative estimate of drug-likeness (QED) is 0.759. The van der Waals surface area contributed by atoms with Crippen molar-refractivity contribution in [1.82, 2.24) is 4.98 Å². The lowest BCUT2D eigenvalue weighted by atomic mass is 9.65. The maximum atomic E-state index is 14.7. The van der Waals surface area contributed by atoms with Gasteiger partial charge in [0.25, 0.3) is 12.4 Å². The second-order valence-electron chi connectivity index (χ2n) is 7.19. The van der Waals surface area contributed by atoms with Gasteiger partial charge in [-0.25, -0.2) is 22.6 Å². The molecular weight excluding hydrogens is 400 g/mol. The maximum Gasteiger partial charge on any atom is 0.283 e. The predicted octanol–water partition coefficient (Wildman–Crippen LogP) is 4.14. The summed E-state index contributed by atoms with van der Waals surface area (Å²) in [5.41, 5.74) is 3.44. The summed E-state index contributed by atoms with van der Waals surface area (Å²) in [6.45, 7) is 0. The molecule has 1 saturated carbocycles. The standard InChI is InChI=1S/C21H16F4N4O/c22-15-4-1-11(8-16(23)17-5-2-12(9-26)10-28-17)7-14(15)21(19(24)25)13-3-6-18(13)30-20(27)29-21/h1-2,4-5,7-8,10,13,18-19H,3,6H2,(H2,27,29)/b16-8-/t13-,18+,21-/m0/s1. The molecule has 2 aromatic rings. The molecule has 2 heterocycles. The summed E-state index contributed by atoms with van der Waals surface area (Å²) in [6, 6.07) is 7.60. The molecule has 0 unspecified atom stereocenters. The number of alkyl halides is 2. The van der Waals surface area contributed by atoms with Crippen molar-refractivity contribution in [2.24, 2.45) is 16.6 Å². The molecule has 0 bridgehead atoms. The molecule has 154 valence electrons. The van der Waals surface area contributed by atoms with Crippen LogP contribution in [0.2, 0.25) is 0 Å². The lowest BCUT2D eigenvalue weighted by Crippen LogP contribution is -2.57. The zero-order valence-electron chi connectivity index (χ0n) is 15.5. The van der Waals surface area contributed by atoms with Crippen molar-refractivity contribution in [2.75, 3.05) is 0 Å². The van der Waals surface area contributed by atoms with Crippen LogP contribution < -0.4 is 5.73 Å². The highest BCUT2D eigenvalue weighted by atomic mass is 19.3. The summed E-state index contributed by atoms with van der Waals surface area (Å²) in [6.07, 6.45) is -0.423. The number of benzene rings is 1. The summed E-state index contributed by atoms with van der Waals surface area (Å²) in [5.74, 6) is -2.38. The summed E-state index contributed by atoms with van der Waals surface area (Å²) < 4.78 is 63.2. The number of aliphatic imine (C=N–C) groups is 1. The second kappa shape index (κ2) is 7.44. The monoisotopic (exact) mass is 416 g/mol. The first-order valence-corrected chi connectivity index (χ1v) is 9.19. The highest BCUT2D eigenvalue weighted by Crippen LogP contribution is 2.53. The van der Waals surface area contributed by atoms with Gasteiger partial charge < -0.3 is 10.5 Å². The number of pyridine rings is 1. The van der Waals surface area contributed by atoms with E-state index in [-0.39, 0.29) is 22.4 Å². The van der Waals surface area contributed by atoms with Gasteiger partial charge in [0.1, 0.15) is 23.8 Å². The van der Waals surface area contributed by atoms with E-state index in [9.17, 15) is 17.6 Å². The summed E-state index contributed by atoms with van der Waals surface area (Å²) in [4.78, 5) is 7.69. The van der Waals surface area contributed by atoms with E-state index in [4.69, 9.17) is 15.7 Å². The number of fused-ring (bicyclic) bond motifs is 1. The number of rotatable bonds is 4. The Kier molecular flexibility index (Phi) is 4.94. The third-order valence-corrected chi connectivity index (χ3v) is 5.53. The molecule has 30 heavy (non-hydrogen) atoms. The molecule has 1 aromatic heterocycles. The van der Waals surface area contributed by atoms with E-state index in [1.165, 1.54) is 24.4 Å². The minimum absolute atomic E-state index is 0.0455. The predicted molar refractivity (Wildman–Crippen MR) is 101 cm³/mol. The molecule has 9 heteroatoms. The molecule has 3 atom stereocenters. The Hall–Kier alpha value is -3.41. The number of amidine groups is 1. The summed E-state index contributed by atoms with van der Waals surface area (Å²) in [5, 5.41) is 8.79. The van der Waals surface area contributed by atoms with Gasteiger partial charge in [0.15, 0.2) is 5.54 Å². The lowest BCUT2D eigenvalue weighted by Gasteiger charge is -2.50. The molecule has 1 aliphatic heterocycles. The van der Waals surface area contributed by atoms with Gasteiger partial charge >= 0.3 is 0 Å². The Morgan fingerprint density at radius 2 is 2.10 bits per heavy atom. The fourth-order valence-corrected chi connectivity index (χ4v) is 3.91. The van der Waals surface area contributed by atoms with Crippen molar-refractivity contribution in [3.63, 3.8) is 0 Å². The Bertz CT molecular complexity index is 1080. The third-order valence-electron chi connectivity index (χ3n) is 5.53. The van der Waals surface area contributed by atoms with E-state index in [0.29, 0.717) is 12.8 Å². The van der Waals surface area contributed by atoms with Crippen LogP contribution in [-0.2, 0) is 10.3 Å². The van der Waals surface area contributed by atoms with Crippen LogP contribution in [0, 0.1) is 23.1 Å². The molecule has 0 spiro atoms. The molecule has 2 N–H and O–H groups in total. The van der Waals surface area contributed by atoms with Crippen molar-refractivity contribution >= 4 is 17.9 Å². The Labute approximate surface area is 169 Å². The van der Waals surface area contributed by atoms with Gasteiger partial charge in [-0.15, -0.1) is 0 Å². The number of hydrogen-bond acceptors (Lipinski definition) is 5. The number of hydrogen-bond donors (Lipinski definition) is 1. The fraction of sp³-hybridized carbons (Fsp3) is 0.286. The normalized spacial score (nSPS) is 25.6. The molecule has 0 amide bonds. The van der Waals surface area contributed by atoms with Crippen molar-refractivity contribution in [1.29, 1.82) is 5.26 Å². The summed E-state index contributed by atoms with van der Waals surface area (Å²) >= 11 is 0. The Balaban J connectivity index is 1.77. The van der Waals surface area contributed by atoms with E-state index in [2.05, 4.69) is 9.98 Å². The lowest BCUT2D eigenvalue weighted by molar-refractivity contribution is -0.0949. The molecule has 4 rings (SSSR count). The van der Waals surface area contributed by atoms with Gasteiger partial charge in [0.05, 0.1) is 11.3 Å². The Morgan fingerprint density at radius 3 is 2.70 bits per heavy atom. The summed E-state index contributed by atoms with van der Waals surface area (Å²) in [7, 11) is 0. The largest absolute Gasteiger partial charge is 0.462 e. The van der Waals surface area contributed by atoms with Gasteiger partial charge in [-0.1, -0.05) is 6.07 Å². The van der Waals surface area contributed by atoms with Gasteiger partial charge in [-0.3, -0.25) is 4.98 Å². The number of halogens is 4. The van der Waals surface area contributed by atoms with Crippen LogP contribution >= 0.6 is 0 Å². The van der Waals surface area contributed by atoms with Gasteiger partial charge in [-0.2, -0.15) is 5.26 Å². The average molecular weight is 416 g/mol. The first-order valence-electron chi connectivity index (χ1n) is 9.19. The molecule has 2 aliphatic rings. The third kappa shape index (κ3) is 3.18. The smallest absolute Gasteiger partial charge is 0.283 e. The van der Waals surface area contributed by atoms with Crippen LogP contribution in [-0.4, -0.2) is 23.5 Å². The molecule has 5 nitrogen and oxygen atoms in total. The van der Waals surface area contributed by atoms with Gasteiger partial charge in [-0.05, 0) is 48.7 Å². The van der Waals surface area contributed by atoms with Crippen LogP contribution in [0.15, 0.2) is 41.5 Å². The molecule has 1 aliphatic carbocycles. The molecular formula is C21H16F4N4O.